The van der Waals surface area contributed by atoms with Crippen LogP contribution in [-0.2, 0) is 18.4 Å². The van der Waals surface area contributed by atoms with Gasteiger partial charge in [-0.15, -0.1) is 0 Å². The number of aliphatic hydroxyl groups excluding tert-OH is 1. The second kappa shape index (κ2) is 41.0. The summed E-state index contributed by atoms with van der Waals surface area (Å²) in [6, 6.07) is 0. The molecule has 0 spiro atoms. The Morgan fingerprint density at radius 1 is 1.00 bits per heavy atom. The van der Waals surface area contributed by atoms with Crippen LogP contribution in [0.3, 0.4) is 0 Å². The van der Waals surface area contributed by atoms with Gasteiger partial charge < -0.3 is 26.6 Å². The van der Waals surface area contributed by atoms with E-state index in [1.807, 2.05) is 13.8 Å². The molecule has 0 amide bonds. The van der Waals surface area contributed by atoms with Gasteiger partial charge in [-0.2, -0.15) is 0 Å². The van der Waals surface area contributed by atoms with E-state index in [1.165, 1.54) is 7.05 Å². The Bertz CT molecular complexity index is 295. The SMILES string of the molecule is C.C.C.C.C.C.C.CCOP(=O)(O)OCC(CO)C(C)C.CN.NCC(=O)O. The Morgan fingerprint density at radius 3 is 1.50 bits per heavy atom. The molecule has 0 aliphatic heterocycles. The number of rotatable bonds is 8. The molecule has 0 rings (SSSR count). The molecular formula is C18H57N2O7P. The van der Waals surface area contributed by atoms with Crippen molar-refractivity contribution in [3.63, 3.8) is 0 Å². The molecule has 0 aliphatic carbocycles. The molecule has 7 N–H and O–H groups in total. The maximum Gasteiger partial charge on any atom is 0.472 e. The number of carboxylic acids is 1. The van der Waals surface area contributed by atoms with Gasteiger partial charge in [-0.3, -0.25) is 13.8 Å². The van der Waals surface area contributed by atoms with Crippen LogP contribution in [0.4, 0.5) is 0 Å². The summed E-state index contributed by atoms with van der Waals surface area (Å²) in [5.74, 6) is -0.914. The summed E-state index contributed by atoms with van der Waals surface area (Å²) in [5.41, 5.74) is 9.07. The van der Waals surface area contributed by atoms with Crippen LogP contribution in [0.1, 0.15) is 72.8 Å². The molecule has 0 bridgehead atoms. The first-order chi connectivity index (χ1) is 9.70. The second-order valence-electron chi connectivity index (χ2n) is 3.97. The van der Waals surface area contributed by atoms with Crippen LogP contribution in [0.2, 0.25) is 0 Å². The van der Waals surface area contributed by atoms with Gasteiger partial charge in [-0.1, -0.05) is 65.8 Å². The molecule has 9 nitrogen and oxygen atoms in total. The summed E-state index contributed by atoms with van der Waals surface area (Å²) in [4.78, 5) is 18.3. The molecule has 0 saturated heterocycles. The number of hydrogen-bond donors (Lipinski definition) is 5. The van der Waals surface area contributed by atoms with Crippen LogP contribution in [0, 0.1) is 11.8 Å². The summed E-state index contributed by atoms with van der Waals surface area (Å²) in [5, 5.41) is 16.5. The maximum atomic E-state index is 11.1. The van der Waals surface area contributed by atoms with E-state index >= 15 is 0 Å². The van der Waals surface area contributed by atoms with Crippen molar-refractivity contribution in [1.82, 2.24) is 0 Å². The predicted octanol–water partition coefficient (Wildman–Crippen LogP) is 4.46. The van der Waals surface area contributed by atoms with E-state index in [1.54, 1.807) is 6.92 Å². The van der Waals surface area contributed by atoms with Gasteiger partial charge in [-0.05, 0) is 19.9 Å². The minimum atomic E-state index is -3.91. The Hall–Kier alpha value is -0.540. The van der Waals surface area contributed by atoms with E-state index in [0.29, 0.717) is 0 Å². The number of carbonyl (C=O) groups is 1. The topological polar surface area (TPSA) is 165 Å². The van der Waals surface area contributed by atoms with E-state index in [0.717, 1.165) is 0 Å². The second-order valence-corrected chi connectivity index (χ2v) is 5.42. The Balaban J connectivity index is -0.0000000257. The standard InChI is InChI=1S/C8H19O5P.C2H5NO2.CH5N.7CH4/c1-4-12-14(10,11)13-6-8(5-9)7(2)3;3-1-2(4)5;1-2;;;;;;;/h7-9H,4-6H2,1-3H3,(H,10,11);1,3H2,(H,4,5);2H2,1H3;7*1H4. The highest BCUT2D eigenvalue weighted by molar-refractivity contribution is 7.47. The zero-order chi connectivity index (χ0) is 17.5. The van der Waals surface area contributed by atoms with Gasteiger partial charge in [0.05, 0.1) is 19.8 Å². The van der Waals surface area contributed by atoms with Gasteiger partial charge in [-0.25, -0.2) is 4.57 Å². The molecule has 0 heterocycles. The Labute approximate surface area is 177 Å². The van der Waals surface area contributed by atoms with Gasteiger partial charge >= 0.3 is 13.8 Å². The maximum absolute atomic E-state index is 11.1. The number of phosphoric acid groups is 1. The number of nitrogens with two attached hydrogens (primary N) is 2. The molecule has 0 aromatic carbocycles. The lowest BCUT2D eigenvalue weighted by molar-refractivity contribution is -0.135. The highest BCUT2D eigenvalue weighted by atomic mass is 31.2. The fraction of sp³-hybridized carbons (Fsp3) is 0.944. The van der Waals surface area contributed by atoms with E-state index < -0.39 is 13.8 Å². The van der Waals surface area contributed by atoms with Gasteiger partial charge in [0.25, 0.3) is 0 Å². The summed E-state index contributed by atoms with van der Waals surface area (Å²) in [6.45, 7) is 5.24. The minimum absolute atomic E-state index is 0. The summed E-state index contributed by atoms with van der Waals surface area (Å²) < 4.78 is 20.3. The fourth-order valence-electron chi connectivity index (χ4n) is 0.846. The average Bonchev–Trinajstić information content (AvgIpc) is 2.41. The first-order valence-corrected chi connectivity index (χ1v) is 7.92. The van der Waals surface area contributed by atoms with Crippen LogP contribution in [-0.4, -0.2) is 54.5 Å². The number of carboxylic acid groups (broad SMARTS) is 1. The summed E-state index contributed by atoms with van der Waals surface area (Å²) >= 11 is 0. The molecule has 0 aromatic heterocycles. The van der Waals surface area contributed by atoms with Gasteiger partial charge in [0, 0.05) is 12.5 Å². The lowest BCUT2D eigenvalue weighted by Crippen LogP contribution is -2.19. The Kier molecular flexibility index (Phi) is 92.3. The molecule has 0 fully saturated rings. The van der Waals surface area contributed by atoms with E-state index in [-0.39, 0.29) is 90.2 Å². The van der Waals surface area contributed by atoms with Crippen LogP contribution in [0.25, 0.3) is 0 Å². The lowest BCUT2D eigenvalue weighted by Gasteiger charge is -2.19. The molecule has 186 valence electrons. The van der Waals surface area contributed by atoms with Crippen molar-refractivity contribution in [3.05, 3.63) is 0 Å². The molecule has 2 atom stereocenters. The molecule has 0 saturated carbocycles. The van der Waals surface area contributed by atoms with Crippen LogP contribution >= 0.6 is 7.82 Å². The zero-order valence-corrected chi connectivity index (χ0v) is 14.0. The van der Waals surface area contributed by atoms with Gasteiger partial charge in [0.2, 0.25) is 0 Å². The van der Waals surface area contributed by atoms with Crippen LogP contribution in [0.15, 0.2) is 0 Å². The first-order valence-electron chi connectivity index (χ1n) is 6.42. The number of aliphatic carboxylic acids is 1. The highest BCUT2D eigenvalue weighted by Crippen LogP contribution is 2.43. The minimum Gasteiger partial charge on any atom is -0.480 e. The van der Waals surface area contributed by atoms with Crippen molar-refractivity contribution in [1.29, 1.82) is 0 Å². The summed E-state index contributed by atoms with van der Waals surface area (Å²) in [7, 11) is -2.41. The average molecular weight is 445 g/mol. The van der Waals surface area contributed by atoms with Crippen molar-refractivity contribution in [2.45, 2.75) is 72.8 Å². The molecule has 0 aliphatic rings. The van der Waals surface area contributed by atoms with Crippen molar-refractivity contribution in [2.24, 2.45) is 23.3 Å². The monoisotopic (exact) mass is 444 g/mol. The molecule has 28 heavy (non-hydrogen) atoms. The molecule has 0 aromatic rings. The molecule has 2 unspecified atom stereocenters. The van der Waals surface area contributed by atoms with Gasteiger partial charge in [0.1, 0.15) is 0 Å². The number of aliphatic hydroxyl groups is 1. The Morgan fingerprint density at radius 2 is 1.32 bits per heavy atom. The van der Waals surface area contributed by atoms with E-state index in [4.69, 9.17) is 19.6 Å². The molecule has 10 heteroatoms. The predicted molar refractivity (Wildman–Crippen MR) is 127 cm³/mol. The highest BCUT2D eigenvalue weighted by Gasteiger charge is 2.23. The summed E-state index contributed by atoms with van der Waals surface area (Å²) in [6.07, 6.45) is 0. The normalized spacial score (nSPS) is 10.6. The smallest absolute Gasteiger partial charge is 0.472 e. The lowest BCUT2D eigenvalue weighted by atomic mass is 9.98. The van der Waals surface area contributed by atoms with E-state index in [2.05, 4.69) is 16.0 Å². The van der Waals surface area contributed by atoms with Gasteiger partial charge in [0.15, 0.2) is 0 Å². The third-order valence-corrected chi connectivity index (χ3v) is 3.16. The molecule has 0 radical (unpaired) electrons. The first kappa shape index (κ1) is 63.1. The number of phosphoric ester groups is 1. The third kappa shape index (κ3) is 50.0. The number of hydrogen-bond acceptors (Lipinski definition) is 7. The van der Waals surface area contributed by atoms with Crippen molar-refractivity contribution in [3.8, 4) is 0 Å². The third-order valence-electron chi connectivity index (χ3n) is 2.10. The van der Waals surface area contributed by atoms with Crippen LogP contribution in [0.5, 0.6) is 0 Å². The van der Waals surface area contributed by atoms with E-state index in [9.17, 15) is 9.36 Å². The van der Waals surface area contributed by atoms with Crippen molar-refractivity contribution < 1.29 is 33.5 Å². The quantitative estimate of drug-likeness (QED) is 0.340. The zero-order valence-electron chi connectivity index (χ0n) is 13.1. The fourth-order valence-corrected chi connectivity index (χ4v) is 1.63. The van der Waals surface area contributed by atoms with Crippen molar-refractivity contribution in [2.75, 3.05) is 33.4 Å². The van der Waals surface area contributed by atoms with Crippen LogP contribution < -0.4 is 11.5 Å². The molecular weight excluding hydrogens is 387 g/mol. The largest absolute Gasteiger partial charge is 0.480 e. The van der Waals surface area contributed by atoms with Crippen molar-refractivity contribution >= 4 is 13.8 Å².